The summed E-state index contributed by atoms with van der Waals surface area (Å²) >= 11 is 6.16. The maximum Gasteiger partial charge on any atom is 0.250 e. The highest BCUT2D eigenvalue weighted by Gasteiger charge is 2.34. The summed E-state index contributed by atoms with van der Waals surface area (Å²) in [6.45, 7) is 3.00. The molecule has 23 heavy (non-hydrogen) atoms. The molecule has 2 bridgehead atoms. The Morgan fingerprint density at radius 1 is 1.13 bits per heavy atom. The SMILES string of the molecule is O=c1cccc2n1C[C@H]1CC2CN(Cc2c(F)cccc2Cl)C1. The highest BCUT2D eigenvalue weighted by molar-refractivity contribution is 6.31. The van der Waals surface area contributed by atoms with Crippen LogP contribution in [0.25, 0.3) is 0 Å². The molecule has 2 aliphatic rings. The third-order valence-electron chi connectivity index (χ3n) is 5.00. The molecule has 3 heterocycles. The molecule has 1 unspecified atom stereocenters. The average molecular weight is 333 g/mol. The third kappa shape index (κ3) is 2.70. The van der Waals surface area contributed by atoms with Crippen molar-refractivity contribution in [2.45, 2.75) is 25.4 Å². The molecular formula is C18H18ClFN2O. The Morgan fingerprint density at radius 3 is 2.78 bits per heavy atom. The number of nitrogens with zero attached hydrogens (tertiary/aromatic N) is 2. The van der Waals surface area contributed by atoms with E-state index in [1.54, 1.807) is 18.2 Å². The smallest absolute Gasteiger partial charge is 0.250 e. The van der Waals surface area contributed by atoms with E-state index >= 15 is 0 Å². The molecule has 5 heteroatoms. The molecule has 0 aliphatic carbocycles. The number of likely N-dealkylation sites (tertiary alicyclic amines) is 1. The number of piperidine rings is 1. The molecule has 2 aromatic rings. The van der Waals surface area contributed by atoms with Crippen LogP contribution in [0.3, 0.4) is 0 Å². The molecule has 1 aromatic heterocycles. The Balaban J connectivity index is 1.60. The number of fused-ring (bicyclic) bond motifs is 4. The summed E-state index contributed by atoms with van der Waals surface area (Å²) in [5, 5.41) is 0.484. The van der Waals surface area contributed by atoms with E-state index in [4.69, 9.17) is 11.6 Å². The number of hydrogen-bond acceptors (Lipinski definition) is 2. The molecule has 4 rings (SSSR count). The fourth-order valence-corrected chi connectivity index (χ4v) is 4.25. The van der Waals surface area contributed by atoms with Gasteiger partial charge in [0.1, 0.15) is 5.82 Å². The van der Waals surface area contributed by atoms with E-state index in [0.717, 1.165) is 31.7 Å². The first kappa shape index (κ1) is 14.9. The molecule has 2 aliphatic heterocycles. The van der Waals surface area contributed by atoms with Crippen molar-refractivity contribution < 1.29 is 4.39 Å². The lowest BCUT2D eigenvalue weighted by atomic mass is 9.83. The summed E-state index contributed by atoms with van der Waals surface area (Å²) in [6.07, 6.45) is 1.10. The van der Waals surface area contributed by atoms with Crippen LogP contribution in [0.4, 0.5) is 4.39 Å². The molecule has 0 saturated carbocycles. The monoisotopic (exact) mass is 332 g/mol. The predicted octanol–water partition coefficient (Wildman–Crippen LogP) is 3.26. The number of benzene rings is 1. The average Bonchev–Trinajstić information content (AvgIpc) is 2.52. The maximum absolute atomic E-state index is 14.0. The van der Waals surface area contributed by atoms with E-state index in [1.165, 1.54) is 6.07 Å². The van der Waals surface area contributed by atoms with Crippen molar-refractivity contribution in [3.05, 3.63) is 68.8 Å². The number of halogens is 2. The lowest BCUT2D eigenvalue weighted by molar-refractivity contribution is 0.113. The van der Waals surface area contributed by atoms with Gasteiger partial charge in [-0.2, -0.15) is 0 Å². The number of rotatable bonds is 2. The minimum absolute atomic E-state index is 0.0859. The molecule has 2 atom stereocenters. The fourth-order valence-electron chi connectivity index (χ4n) is 4.03. The van der Waals surface area contributed by atoms with Gasteiger partial charge in [-0.05, 0) is 30.5 Å². The lowest BCUT2D eigenvalue weighted by Gasteiger charge is -2.42. The van der Waals surface area contributed by atoms with Crippen molar-refractivity contribution in [2.24, 2.45) is 5.92 Å². The Kier molecular flexibility index (Phi) is 3.74. The van der Waals surface area contributed by atoms with Crippen molar-refractivity contribution in [1.82, 2.24) is 9.47 Å². The summed E-state index contributed by atoms with van der Waals surface area (Å²) in [5.74, 6) is 0.527. The second-order valence-corrected chi connectivity index (χ2v) is 7.00. The van der Waals surface area contributed by atoms with Crippen LogP contribution in [-0.4, -0.2) is 22.6 Å². The second kappa shape index (κ2) is 5.77. The van der Waals surface area contributed by atoms with Gasteiger partial charge in [0.25, 0.3) is 5.56 Å². The quantitative estimate of drug-likeness (QED) is 0.843. The topological polar surface area (TPSA) is 25.2 Å². The lowest BCUT2D eigenvalue weighted by Crippen LogP contribution is -2.46. The van der Waals surface area contributed by atoms with Gasteiger partial charge in [0.15, 0.2) is 0 Å². The molecule has 120 valence electrons. The van der Waals surface area contributed by atoms with Gasteiger partial charge in [-0.3, -0.25) is 9.69 Å². The molecule has 0 radical (unpaired) electrons. The van der Waals surface area contributed by atoms with Crippen LogP contribution in [0.2, 0.25) is 5.02 Å². The van der Waals surface area contributed by atoms with Gasteiger partial charge in [-0.25, -0.2) is 4.39 Å². The number of hydrogen-bond donors (Lipinski definition) is 0. The maximum atomic E-state index is 14.0. The van der Waals surface area contributed by atoms with Crippen LogP contribution in [0.5, 0.6) is 0 Å². The van der Waals surface area contributed by atoms with Crippen molar-refractivity contribution in [1.29, 1.82) is 0 Å². The first-order chi connectivity index (χ1) is 11.1. The van der Waals surface area contributed by atoms with Crippen molar-refractivity contribution in [3.8, 4) is 0 Å². The number of pyridine rings is 1. The first-order valence-electron chi connectivity index (χ1n) is 7.97. The molecule has 1 aromatic carbocycles. The Hall–Kier alpha value is -1.65. The van der Waals surface area contributed by atoms with E-state index in [-0.39, 0.29) is 11.4 Å². The molecule has 0 spiro atoms. The summed E-state index contributed by atoms with van der Waals surface area (Å²) < 4.78 is 15.9. The van der Waals surface area contributed by atoms with Crippen LogP contribution in [0, 0.1) is 11.7 Å². The van der Waals surface area contributed by atoms with Gasteiger partial charge in [0, 0.05) is 54.4 Å². The van der Waals surface area contributed by atoms with E-state index < -0.39 is 0 Å². The standard InChI is InChI=1S/C18H18ClFN2O/c19-15-3-1-4-16(20)14(15)11-21-8-12-7-13(10-21)17-5-2-6-18(23)22(17)9-12/h1-6,12-13H,7-11H2/t12-,13?/m0/s1. The highest BCUT2D eigenvalue weighted by Crippen LogP contribution is 2.36. The van der Waals surface area contributed by atoms with Crippen LogP contribution < -0.4 is 5.56 Å². The van der Waals surface area contributed by atoms with Gasteiger partial charge >= 0.3 is 0 Å². The molecule has 3 nitrogen and oxygen atoms in total. The van der Waals surface area contributed by atoms with Crippen molar-refractivity contribution >= 4 is 11.6 Å². The fraction of sp³-hybridized carbons (Fsp3) is 0.389. The third-order valence-corrected chi connectivity index (χ3v) is 5.35. The van der Waals surface area contributed by atoms with Crippen LogP contribution >= 0.6 is 11.6 Å². The summed E-state index contributed by atoms with van der Waals surface area (Å²) in [7, 11) is 0. The predicted molar refractivity (Wildman–Crippen MR) is 88.2 cm³/mol. The Morgan fingerprint density at radius 2 is 1.96 bits per heavy atom. The van der Waals surface area contributed by atoms with Gasteiger partial charge < -0.3 is 4.57 Å². The van der Waals surface area contributed by atoms with Crippen LogP contribution in [-0.2, 0) is 13.1 Å². The largest absolute Gasteiger partial charge is 0.312 e. The van der Waals surface area contributed by atoms with E-state index in [1.807, 2.05) is 16.7 Å². The Bertz CT molecular complexity index is 784. The first-order valence-corrected chi connectivity index (χ1v) is 8.34. The molecule has 0 N–H and O–H groups in total. The Labute approximate surface area is 139 Å². The van der Waals surface area contributed by atoms with Gasteiger partial charge in [0.05, 0.1) is 0 Å². The molecule has 1 saturated heterocycles. The minimum Gasteiger partial charge on any atom is -0.312 e. The molecule has 1 fully saturated rings. The van der Waals surface area contributed by atoms with Crippen LogP contribution in [0.15, 0.2) is 41.2 Å². The van der Waals surface area contributed by atoms with E-state index in [0.29, 0.717) is 29.0 Å². The van der Waals surface area contributed by atoms with Crippen molar-refractivity contribution in [3.63, 3.8) is 0 Å². The van der Waals surface area contributed by atoms with Gasteiger partial charge in [-0.15, -0.1) is 0 Å². The highest BCUT2D eigenvalue weighted by atomic mass is 35.5. The van der Waals surface area contributed by atoms with E-state index in [2.05, 4.69) is 4.90 Å². The zero-order valence-corrected chi connectivity index (χ0v) is 13.5. The second-order valence-electron chi connectivity index (χ2n) is 6.59. The van der Waals surface area contributed by atoms with Gasteiger partial charge in [0.2, 0.25) is 0 Å². The normalized spacial score (nSPS) is 23.6. The zero-order chi connectivity index (χ0) is 16.0. The van der Waals surface area contributed by atoms with E-state index in [9.17, 15) is 9.18 Å². The molecular weight excluding hydrogens is 315 g/mol. The molecule has 0 amide bonds. The zero-order valence-electron chi connectivity index (χ0n) is 12.7. The van der Waals surface area contributed by atoms with Crippen molar-refractivity contribution in [2.75, 3.05) is 13.1 Å². The van der Waals surface area contributed by atoms with Crippen LogP contribution in [0.1, 0.15) is 23.6 Å². The van der Waals surface area contributed by atoms with Gasteiger partial charge in [-0.1, -0.05) is 23.7 Å². The minimum atomic E-state index is -0.246. The summed E-state index contributed by atoms with van der Waals surface area (Å²) in [4.78, 5) is 14.3. The number of aromatic nitrogens is 1. The summed E-state index contributed by atoms with van der Waals surface area (Å²) in [5.41, 5.74) is 1.76. The summed E-state index contributed by atoms with van der Waals surface area (Å²) in [6, 6.07) is 10.3.